The maximum absolute atomic E-state index is 11.0. The van der Waals surface area contributed by atoms with Crippen molar-refractivity contribution >= 4 is 5.97 Å². The molecule has 1 aromatic heterocycles. The number of nitrogens with one attached hydrogen (secondary N) is 1. The van der Waals surface area contributed by atoms with E-state index in [4.69, 9.17) is 4.74 Å². The predicted molar refractivity (Wildman–Crippen MR) is 60.9 cm³/mol. The third kappa shape index (κ3) is 2.46. The van der Waals surface area contributed by atoms with Crippen molar-refractivity contribution < 1.29 is 9.53 Å². The van der Waals surface area contributed by atoms with Gasteiger partial charge in [-0.3, -0.25) is 0 Å². The molecule has 84 valence electrons. The SMILES string of the molecule is CCOC(=O)C#Cc1cc2c([nH]1)CCCC2. The summed E-state index contributed by atoms with van der Waals surface area (Å²) >= 11 is 0. The van der Waals surface area contributed by atoms with Gasteiger partial charge in [-0.2, -0.15) is 0 Å². The minimum atomic E-state index is -0.463. The second-order valence-electron chi connectivity index (χ2n) is 3.86. The fourth-order valence-electron chi connectivity index (χ4n) is 1.96. The van der Waals surface area contributed by atoms with Crippen LogP contribution in [0.25, 0.3) is 0 Å². The lowest BCUT2D eigenvalue weighted by atomic mass is 9.98. The van der Waals surface area contributed by atoms with Crippen molar-refractivity contribution in [2.45, 2.75) is 32.6 Å². The number of aryl methyl sites for hydroxylation is 2. The Labute approximate surface area is 95.2 Å². The van der Waals surface area contributed by atoms with Crippen LogP contribution in [-0.4, -0.2) is 17.6 Å². The smallest absolute Gasteiger partial charge is 0.384 e. The van der Waals surface area contributed by atoms with Gasteiger partial charge in [0, 0.05) is 11.6 Å². The highest BCUT2D eigenvalue weighted by Gasteiger charge is 2.11. The normalized spacial score (nSPS) is 13.6. The molecule has 0 amide bonds. The van der Waals surface area contributed by atoms with Gasteiger partial charge in [0.2, 0.25) is 0 Å². The summed E-state index contributed by atoms with van der Waals surface area (Å²) in [6, 6.07) is 2.04. The summed E-state index contributed by atoms with van der Waals surface area (Å²) < 4.78 is 4.74. The molecule has 1 N–H and O–H groups in total. The van der Waals surface area contributed by atoms with Crippen LogP contribution in [0, 0.1) is 11.8 Å². The van der Waals surface area contributed by atoms with Gasteiger partial charge in [-0.25, -0.2) is 4.79 Å². The molecule has 1 heterocycles. The van der Waals surface area contributed by atoms with E-state index in [1.54, 1.807) is 6.92 Å². The standard InChI is InChI=1S/C13H15NO2/c1-2-16-13(15)8-7-11-9-10-5-3-4-6-12(10)14-11/h9,14H,2-6H2,1H3. The van der Waals surface area contributed by atoms with Crippen molar-refractivity contribution in [2.24, 2.45) is 0 Å². The highest BCUT2D eigenvalue weighted by atomic mass is 16.5. The number of carbonyl (C=O) groups excluding carboxylic acids is 1. The summed E-state index contributed by atoms with van der Waals surface area (Å²) in [7, 11) is 0. The van der Waals surface area contributed by atoms with E-state index in [2.05, 4.69) is 16.8 Å². The number of hydrogen-bond acceptors (Lipinski definition) is 2. The summed E-state index contributed by atoms with van der Waals surface area (Å²) in [5.41, 5.74) is 3.44. The van der Waals surface area contributed by atoms with Crippen molar-refractivity contribution in [3.63, 3.8) is 0 Å². The van der Waals surface area contributed by atoms with Crippen molar-refractivity contribution in [2.75, 3.05) is 6.61 Å². The number of hydrogen-bond donors (Lipinski definition) is 1. The van der Waals surface area contributed by atoms with Gasteiger partial charge in [0.25, 0.3) is 0 Å². The van der Waals surface area contributed by atoms with Gasteiger partial charge >= 0.3 is 5.97 Å². The molecule has 1 aliphatic rings. The molecular weight excluding hydrogens is 202 g/mol. The maximum Gasteiger partial charge on any atom is 0.384 e. The van der Waals surface area contributed by atoms with Gasteiger partial charge in [-0.15, -0.1) is 0 Å². The number of aromatic nitrogens is 1. The van der Waals surface area contributed by atoms with E-state index < -0.39 is 5.97 Å². The zero-order valence-corrected chi connectivity index (χ0v) is 9.43. The second kappa shape index (κ2) is 4.89. The number of rotatable bonds is 1. The van der Waals surface area contributed by atoms with Crippen LogP contribution in [0.3, 0.4) is 0 Å². The molecule has 0 saturated carbocycles. The molecule has 1 aromatic rings. The first-order valence-corrected chi connectivity index (χ1v) is 5.69. The summed E-state index contributed by atoms with van der Waals surface area (Å²) in [5.74, 6) is 4.81. The number of carbonyl (C=O) groups is 1. The Hall–Kier alpha value is -1.69. The van der Waals surface area contributed by atoms with Gasteiger partial charge in [-0.05, 0) is 50.2 Å². The highest BCUT2D eigenvalue weighted by molar-refractivity contribution is 5.89. The third-order valence-electron chi connectivity index (χ3n) is 2.69. The quantitative estimate of drug-likeness (QED) is 0.576. The van der Waals surface area contributed by atoms with Crippen molar-refractivity contribution in [1.82, 2.24) is 4.98 Å². The van der Waals surface area contributed by atoms with Crippen LogP contribution in [0.4, 0.5) is 0 Å². The van der Waals surface area contributed by atoms with E-state index in [1.807, 2.05) is 6.07 Å². The van der Waals surface area contributed by atoms with Gasteiger partial charge in [0.15, 0.2) is 0 Å². The lowest BCUT2D eigenvalue weighted by molar-refractivity contribution is -0.136. The Morgan fingerprint density at radius 3 is 3.06 bits per heavy atom. The van der Waals surface area contributed by atoms with Gasteiger partial charge in [0.05, 0.1) is 12.3 Å². The minimum Gasteiger partial charge on any atom is -0.456 e. The highest BCUT2D eigenvalue weighted by Crippen LogP contribution is 2.20. The van der Waals surface area contributed by atoms with E-state index in [0.29, 0.717) is 6.61 Å². The molecule has 1 aliphatic carbocycles. The molecule has 0 radical (unpaired) electrons. The maximum atomic E-state index is 11.0. The van der Waals surface area contributed by atoms with E-state index in [-0.39, 0.29) is 0 Å². The molecule has 3 nitrogen and oxygen atoms in total. The molecule has 0 spiro atoms. The van der Waals surface area contributed by atoms with Gasteiger partial charge in [0.1, 0.15) is 0 Å². The van der Waals surface area contributed by atoms with Gasteiger partial charge < -0.3 is 9.72 Å². The lowest BCUT2D eigenvalue weighted by Crippen LogP contribution is -2.00. The Kier molecular flexibility index (Phi) is 3.31. The largest absolute Gasteiger partial charge is 0.456 e. The van der Waals surface area contributed by atoms with Crippen LogP contribution in [0.1, 0.15) is 36.7 Å². The summed E-state index contributed by atoms with van der Waals surface area (Å²) in [6.07, 6.45) is 4.69. The Morgan fingerprint density at radius 1 is 1.50 bits per heavy atom. The monoisotopic (exact) mass is 217 g/mol. The summed E-state index contributed by atoms with van der Waals surface area (Å²) in [4.78, 5) is 14.3. The average Bonchev–Trinajstić information content (AvgIpc) is 2.69. The average molecular weight is 217 g/mol. The van der Waals surface area contributed by atoms with Crippen LogP contribution in [-0.2, 0) is 22.4 Å². The first-order chi connectivity index (χ1) is 7.79. The molecule has 0 atom stereocenters. The molecule has 0 aliphatic heterocycles. The van der Waals surface area contributed by atoms with Crippen LogP contribution in [0.15, 0.2) is 6.07 Å². The number of H-pyrrole nitrogens is 1. The first-order valence-electron chi connectivity index (χ1n) is 5.69. The fraction of sp³-hybridized carbons (Fsp3) is 0.462. The van der Waals surface area contributed by atoms with E-state index >= 15 is 0 Å². The van der Waals surface area contributed by atoms with Crippen molar-refractivity contribution in [3.8, 4) is 11.8 Å². The van der Waals surface area contributed by atoms with Crippen molar-refractivity contribution in [3.05, 3.63) is 23.0 Å². The molecule has 2 rings (SSSR count). The number of aromatic amines is 1. The molecule has 0 fully saturated rings. The van der Waals surface area contributed by atoms with Crippen molar-refractivity contribution in [1.29, 1.82) is 0 Å². The van der Waals surface area contributed by atoms with E-state index in [0.717, 1.165) is 18.5 Å². The Bertz CT molecular complexity index is 425. The second-order valence-corrected chi connectivity index (χ2v) is 3.86. The van der Waals surface area contributed by atoms with Crippen LogP contribution in [0.5, 0.6) is 0 Å². The summed E-state index contributed by atoms with van der Waals surface area (Å²) in [5, 5.41) is 0. The lowest BCUT2D eigenvalue weighted by Gasteiger charge is -2.08. The van der Waals surface area contributed by atoms with E-state index in [9.17, 15) is 4.79 Å². The number of esters is 1. The number of ether oxygens (including phenoxy) is 1. The first kappa shape index (κ1) is 10.8. The molecule has 0 unspecified atom stereocenters. The molecule has 3 heteroatoms. The summed E-state index contributed by atoms with van der Waals surface area (Å²) in [6.45, 7) is 2.14. The topological polar surface area (TPSA) is 42.1 Å². The Balaban J connectivity index is 2.10. The minimum absolute atomic E-state index is 0.370. The predicted octanol–water partition coefficient (Wildman–Crippen LogP) is 1.81. The van der Waals surface area contributed by atoms with E-state index in [1.165, 1.54) is 24.1 Å². The zero-order valence-electron chi connectivity index (χ0n) is 9.43. The molecule has 0 bridgehead atoms. The molecule has 16 heavy (non-hydrogen) atoms. The fourth-order valence-corrected chi connectivity index (χ4v) is 1.96. The van der Waals surface area contributed by atoms with Crippen LogP contribution in [0.2, 0.25) is 0 Å². The third-order valence-corrected chi connectivity index (χ3v) is 2.69. The molecular formula is C13H15NO2. The van der Waals surface area contributed by atoms with Crippen LogP contribution < -0.4 is 0 Å². The zero-order chi connectivity index (χ0) is 11.4. The molecule has 0 aromatic carbocycles. The van der Waals surface area contributed by atoms with Gasteiger partial charge in [-0.1, -0.05) is 0 Å². The Morgan fingerprint density at radius 2 is 2.31 bits per heavy atom. The molecule has 0 saturated heterocycles. The van der Waals surface area contributed by atoms with Crippen LogP contribution >= 0.6 is 0 Å². The number of fused-ring (bicyclic) bond motifs is 1.